The van der Waals surface area contributed by atoms with Crippen LogP contribution in [0.3, 0.4) is 0 Å². The van der Waals surface area contributed by atoms with Gasteiger partial charge in [-0.2, -0.15) is 0 Å². The molecule has 0 aliphatic carbocycles. The molecule has 1 aliphatic heterocycles. The lowest BCUT2D eigenvalue weighted by Crippen LogP contribution is -2.35. The fourth-order valence-corrected chi connectivity index (χ4v) is 2.93. The summed E-state index contributed by atoms with van der Waals surface area (Å²) in [4.78, 5) is 27.1. The molecule has 1 N–H and O–H groups in total. The van der Waals surface area contributed by atoms with Gasteiger partial charge in [0.25, 0.3) is 11.8 Å². The average molecular weight is 368 g/mol. The molecule has 0 spiro atoms. The highest BCUT2D eigenvalue weighted by Crippen LogP contribution is 2.31. The molecule has 27 heavy (non-hydrogen) atoms. The number of methoxy groups -OCH3 is 1. The van der Waals surface area contributed by atoms with Gasteiger partial charge in [0.05, 0.1) is 12.7 Å². The Hall–Kier alpha value is -3.15. The Morgan fingerprint density at radius 1 is 1.00 bits per heavy atom. The maximum atomic E-state index is 13.2. The van der Waals surface area contributed by atoms with Crippen molar-refractivity contribution < 1.29 is 18.7 Å². The van der Waals surface area contributed by atoms with E-state index in [2.05, 4.69) is 5.32 Å². The fraction of sp³-hybridized carbons (Fsp3) is 0.238. The standard InChI is InChI=1S/C21H21FN2O3/c1-13(2)12-24-20(25)18(14-4-10-17(27-3)11-5-14)19(21(24)26)23-16-8-6-15(22)7-9-16/h4-11,13,23H,12H2,1-3H3. The highest BCUT2D eigenvalue weighted by molar-refractivity contribution is 6.36. The molecule has 0 atom stereocenters. The summed E-state index contributed by atoms with van der Waals surface area (Å²) in [5.41, 5.74) is 1.64. The Morgan fingerprint density at radius 2 is 1.63 bits per heavy atom. The van der Waals surface area contributed by atoms with Gasteiger partial charge in [-0.25, -0.2) is 4.39 Å². The Labute approximate surface area is 157 Å². The smallest absolute Gasteiger partial charge is 0.278 e. The van der Waals surface area contributed by atoms with Crippen LogP contribution in [-0.4, -0.2) is 30.4 Å². The number of halogens is 1. The van der Waals surface area contributed by atoms with Crippen LogP contribution >= 0.6 is 0 Å². The van der Waals surface area contributed by atoms with E-state index in [1.165, 1.54) is 29.2 Å². The van der Waals surface area contributed by atoms with Gasteiger partial charge in [-0.05, 0) is 47.9 Å². The second-order valence-electron chi connectivity index (χ2n) is 6.73. The monoisotopic (exact) mass is 368 g/mol. The van der Waals surface area contributed by atoms with Crippen LogP contribution in [0.1, 0.15) is 19.4 Å². The summed E-state index contributed by atoms with van der Waals surface area (Å²) >= 11 is 0. The zero-order valence-electron chi connectivity index (χ0n) is 15.5. The molecule has 2 aromatic rings. The first-order chi connectivity index (χ1) is 12.9. The van der Waals surface area contributed by atoms with E-state index in [9.17, 15) is 14.0 Å². The minimum absolute atomic E-state index is 0.139. The lowest BCUT2D eigenvalue weighted by Gasteiger charge is -2.17. The van der Waals surface area contributed by atoms with Crippen LogP contribution in [0, 0.1) is 11.7 Å². The lowest BCUT2D eigenvalue weighted by molar-refractivity contribution is -0.137. The van der Waals surface area contributed by atoms with Crippen molar-refractivity contribution in [1.29, 1.82) is 0 Å². The predicted octanol–water partition coefficient (Wildman–Crippen LogP) is 3.68. The maximum absolute atomic E-state index is 13.2. The number of anilines is 1. The van der Waals surface area contributed by atoms with E-state index in [1.807, 2.05) is 13.8 Å². The summed E-state index contributed by atoms with van der Waals surface area (Å²) in [6.07, 6.45) is 0. The normalized spacial score (nSPS) is 14.3. The number of carbonyl (C=O) groups excluding carboxylic acids is 2. The van der Waals surface area contributed by atoms with Crippen molar-refractivity contribution in [3.8, 4) is 5.75 Å². The Balaban J connectivity index is 2.04. The first kappa shape index (κ1) is 18.6. The molecule has 0 bridgehead atoms. The molecule has 0 radical (unpaired) electrons. The summed E-state index contributed by atoms with van der Waals surface area (Å²) in [5.74, 6) is -0.309. The van der Waals surface area contributed by atoms with Crippen molar-refractivity contribution in [2.75, 3.05) is 19.0 Å². The second-order valence-corrected chi connectivity index (χ2v) is 6.73. The van der Waals surface area contributed by atoms with Crippen molar-refractivity contribution in [3.63, 3.8) is 0 Å². The molecule has 6 heteroatoms. The molecule has 2 amide bonds. The number of benzene rings is 2. The molecule has 5 nitrogen and oxygen atoms in total. The number of hydrogen-bond donors (Lipinski definition) is 1. The molecule has 0 saturated heterocycles. The van der Waals surface area contributed by atoms with Gasteiger partial charge in [-0.3, -0.25) is 14.5 Å². The van der Waals surface area contributed by atoms with Crippen molar-refractivity contribution in [3.05, 3.63) is 65.6 Å². The molecular weight excluding hydrogens is 347 g/mol. The summed E-state index contributed by atoms with van der Waals surface area (Å²) in [7, 11) is 1.56. The number of carbonyl (C=O) groups is 2. The number of ether oxygens (including phenoxy) is 1. The second kappa shape index (κ2) is 7.61. The Bertz CT molecular complexity index is 887. The van der Waals surface area contributed by atoms with Gasteiger partial charge in [0.15, 0.2) is 0 Å². The van der Waals surface area contributed by atoms with E-state index in [-0.39, 0.29) is 29.2 Å². The van der Waals surface area contributed by atoms with Gasteiger partial charge in [0.2, 0.25) is 0 Å². The van der Waals surface area contributed by atoms with E-state index in [0.29, 0.717) is 29.1 Å². The highest BCUT2D eigenvalue weighted by Gasteiger charge is 2.39. The largest absolute Gasteiger partial charge is 0.497 e. The number of nitrogens with one attached hydrogen (secondary N) is 1. The molecule has 0 saturated carbocycles. The number of rotatable bonds is 6. The lowest BCUT2D eigenvalue weighted by atomic mass is 10.0. The quantitative estimate of drug-likeness (QED) is 0.790. The molecule has 3 rings (SSSR count). The first-order valence-electron chi connectivity index (χ1n) is 8.68. The van der Waals surface area contributed by atoms with E-state index in [1.54, 1.807) is 31.4 Å². The van der Waals surface area contributed by atoms with E-state index < -0.39 is 0 Å². The Kier molecular flexibility index (Phi) is 5.26. The number of imide groups is 1. The number of nitrogens with zero attached hydrogens (tertiary/aromatic N) is 1. The van der Waals surface area contributed by atoms with Crippen molar-refractivity contribution in [2.24, 2.45) is 5.92 Å². The van der Waals surface area contributed by atoms with Crippen molar-refractivity contribution in [2.45, 2.75) is 13.8 Å². The average Bonchev–Trinajstić information content (AvgIpc) is 2.88. The van der Waals surface area contributed by atoms with Gasteiger partial charge in [-0.1, -0.05) is 26.0 Å². The zero-order valence-corrected chi connectivity index (χ0v) is 15.5. The first-order valence-corrected chi connectivity index (χ1v) is 8.68. The number of hydrogen-bond acceptors (Lipinski definition) is 4. The summed E-state index contributed by atoms with van der Waals surface area (Å²) < 4.78 is 18.3. The van der Waals surface area contributed by atoms with Gasteiger partial charge in [0, 0.05) is 12.2 Å². The van der Waals surface area contributed by atoms with Gasteiger partial charge < -0.3 is 10.1 Å². The van der Waals surface area contributed by atoms with Gasteiger partial charge in [0.1, 0.15) is 17.3 Å². The minimum atomic E-state index is -0.385. The highest BCUT2D eigenvalue weighted by atomic mass is 19.1. The third-order valence-electron chi connectivity index (χ3n) is 4.21. The molecule has 0 unspecified atom stereocenters. The molecule has 1 aliphatic rings. The van der Waals surface area contributed by atoms with Crippen LogP contribution in [0.4, 0.5) is 10.1 Å². The Morgan fingerprint density at radius 3 is 2.19 bits per heavy atom. The van der Waals surface area contributed by atoms with Crippen LogP contribution in [0.15, 0.2) is 54.2 Å². The molecule has 2 aromatic carbocycles. The SMILES string of the molecule is COc1ccc(C2=C(Nc3ccc(F)cc3)C(=O)N(CC(C)C)C2=O)cc1. The fourth-order valence-electron chi connectivity index (χ4n) is 2.93. The molecule has 1 heterocycles. The molecule has 140 valence electrons. The zero-order chi connectivity index (χ0) is 19.6. The summed E-state index contributed by atoms with van der Waals surface area (Å²) in [6, 6.07) is 12.6. The van der Waals surface area contributed by atoms with Crippen LogP contribution in [0.25, 0.3) is 5.57 Å². The predicted molar refractivity (Wildman–Crippen MR) is 101 cm³/mol. The number of amides is 2. The third-order valence-corrected chi connectivity index (χ3v) is 4.21. The molecular formula is C21H21FN2O3. The van der Waals surface area contributed by atoms with Crippen molar-refractivity contribution in [1.82, 2.24) is 4.90 Å². The van der Waals surface area contributed by atoms with E-state index in [0.717, 1.165) is 0 Å². The molecule has 0 aromatic heterocycles. The van der Waals surface area contributed by atoms with Crippen LogP contribution in [-0.2, 0) is 9.59 Å². The van der Waals surface area contributed by atoms with Gasteiger partial charge >= 0.3 is 0 Å². The van der Waals surface area contributed by atoms with Gasteiger partial charge in [-0.15, -0.1) is 0 Å². The van der Waals surface area contributed by atoms with E-state index in [4.69, 9.17) is 4.74 Å². The summed E-state index contributed by atoms with van der Waals surface area (Å²) in [5, 5.41) is 3.00. The third kappa shape index (κ3) is 3.84. The van der Waals surface area contributed by atoms with Crippen LogP contribution in [0.5, 0.6) is 5.75 Å². The van der Waals surface area contributed by atoms with Crippen LogP contribution in [0.2, 0.25) is 0 Å². The summed E-state index contributed by atoms with van der Waals surface area (Å²) in [6.45, 7) is 4.21. The topological polar surface area (TPSA) is 58.6 Å². The molecule has 0 fully saturated rings. The van der Waals surface area contributed by atoms with Crippen LogP contribution < -0.4 is 10.1 Å². The van der Waals surface area contributed by atoms with E-state index >= 15 is 0 Å². The van der Waals surface area contributed by atoms with Crippen molar-refractivity contribution >= 4 is 23.1 Å². The minimum Gasteiger partial charge on any atom is -0.497 e. The maximum Gasteiger partial charge on any atom is 0.278 e.